The summed E-state index contributed by atoms with van der Waals surface area (Å²) >= 11 is 0. The number of nitro groups is 1. The van der Waals surface area contributed by atoms with Crippen molar-refractivity contribution in [2.45, 2.75) is 13.0 Å². The van der Waals surface area contributed by atoms with Crippen LogP contribution in [0.4, 0.5) is 20.3 Å². The van der Waals surface area contributed by atoms with Gasteiger partial charge in [0.05, 0.1) is 29.9 Å². The minimum atomic E-state index is -1.07. The van der Waals surface area contributed by atoms with Crippen LogP contribution in [0.15, 0.2) is 12.1 Å². The Balaban J connectivity index is 2.28. The van der Waals surface area contributed by atoms with Gasteiger partial charge < -0.3 is 10.5 Å². The van der Waals surface area contributed by atoms with Crippen molar-refractivity contribution in [3.05, 3.63) is 45.1 Å². The molecular weight excluding hydrogens is 286 g/mol. The van der Waals surface area contributed by atoms with Gasteiger partial charge in [0, 0.05) is 18.1 Å². The Hall–Kier alpha value is -2.55. The van der Waals surface area contributed by atoms with Crippen LogP contribution in [0, 0.1) is 21.7 Å². The largest absolute Gasteiger partial charge is 0.382 e. The van der Waals surface area contributed by atoms with Gasteiger partial charge >= 0.3 is 5.69 Å². The molecule has 1 aliphatic rings. The molecule has 2 N–H and O–H groups in total. The molecule has 21 heavy (non-hydrogen) atoms. The molecule has 0 spiro atoms. The normalized spacial score (nSPS) is 14.0. The van der Waals surface area contributed by atoms with Gasteiger partial charge in [0.15, 0.2) is 17.3 Å². The summed E-state index contributed by atoms with van der Waals surface area (Å²) in [6.07, 6.45) is 0.382. The van der Waals surface area contributed by atoms with E-state index in [0.717, 1.165) is 4.68 Å². The van der Waals surface area contributed by atoms with Crippen molar-refractivity contribution in [2.24, 2.45) is 0 Å². The van der Waals surface area contributed by atoms with Crippen LogP contribution in [-0.2, 0) is 17.8 Å². The van der Waals surface area contributed by atoms with Crippen molar-refractivity contribution in [1.82, 2.24) is 9.78 Å². The first kappa shape index (κ1) is 13.4. The number of nitrogens with two attached hydrogens (primary N) is 1. The van der Waals surface area contributed by atoms with Crippen molar-refractivity contribution in [3.63, 3.8) is 0 Å². The van der Waals surface area contributed by atoms with E-state index in [1.54, 1.807) is 0 Å². The van der Waals surface area contributed by atoms with E-state index in [2.05, 4.69) is 5.10 Å². The molecule has 0 aliphatic carbocycles. The summed E-state index contributed by atoms with van der Waals surface area (Å²) in [5.74, 6) is -1.98. The molecule has 2 heterocycles. The summed E-state index contributed by atoms with van der Waals surface area (Å²) in [6.45, 7) is 0.576. The minimum absolute atomic E-state index is 0.114. The fourth-order valence-corrected chi connectivity index (χ4v) is 2.35. The highest BCUT2D eigenvalue weighted by atomic mass is 19.1. The van der Waals surface area contributed by atoms with Gasteiger partial charge in [-0.25, -0.2) is 13.5 Å². The number of hydrogen-bond acceptors (Lipinski definition) is 5. The Kier molecular flexibility index (Phi) is 3.05. The molecule has 9 heteroatoms. The number of nitro benzene ring substituents is 1. The lowest BCUT2D eigenvalue weighted by molar-refractivity contribution is -0.385. The summed E-state index contributed by atoms with van der Waals surface area (Å²) in [7, 11) is 0. The number of nitrogen functional groups attached to an aromatic ring is 1. The quantitative estimate of drug-likeness (QED) is 0.672. The second-order valence-corrected chi connectivity index (χ2v) is 4.54. The van der Waals surface area contributed by atoms with Gasteiger partial charge in [-0.05, 0) is 0 Å². The molecule has 0 bridgehead atoms. The number of halogens is 2. The highest BCUT2D eigenvalue weighted by Crippen LogP contribution is 2.32. The van der Waals surface area contributed by atoms with Crippen molar-refractivity contribution < 1.29 is 18.4 Å². The molecule has 0 radical (unpaired) electrons. The maximum absolute atomic E-state index is 14.1. The smallest absolute Gasteiger partial charge is 0.300 e. The lowest BCUT2D eigenvalue weighted by Gasteiger charge is -2.15. The Labute approximate surface area is 117 Å². The molecule has 1 aromatic heterocycles. The molecule has 0 saturated carbocycles. The predicted octanol–water partition coefficient (Wildman–Crippen LogP) is 1.71. The maximum atomic E-state index is 14.1. The van der Waals surface area contributed by atoms with E-state index in [1.165, 1.54) is 0 Å². The van der Waals surface area contributed by atoms with E-state index in [9.17, 15) is 18.9 Å². The standard InChI is InChI=1S/C12H10F2N4O3/c13-6-3-8(14)11(10(4-6)18(19)20)17-9-1-2-21-5-7(9)12(15)16-17/h3-4H,1-2,5H2,(H2,15,16). The molecule has 0 unspecified atom stereocenters. The number of aromatic nitrogens is 2. The van der Waals surface area contributed by atoms with Gasteiger partial charge in [0.1, 0.15) is 5.82 Å². The van der Waals surface area contributed by atoms with Gasteiger partial charge in [-0.3, -0.25) is 10.1 Å². The van der Waals surface area contributed by atoms with Crippen LogP contribution < -0.4 is 5.73 Å². The predicted molar refractivity (Wildman–Crippen MR) is 67.9 cm³/mol. The Morgan fingerprint density at radius 2 is 2.19 bits per heavy atom. The first-order valence-electron chi connectivity index (χ1n) is 6.07. The molecule has 0 atom stereocenters. The van der Waals surface area contributed by atoms with E-state index < -0.39 is 27.9 Å². The van der Waals surface area contributed by atoms with Gasteiger partial charge in [-0.2, -0.15) is 0 Å². The van der Waals surface area contributed by atoms with Crippen LogP contribution in [0.5, 0.6) is 0 Å². The van der Waals surface area contributed by atoms with Crippen LogP contribution >= 0.6 is 0 Å². The number of fused-ring (bicyclic) bond motifs is 1. The van der Waals surface area contributed by atoms with Crippen LogP contribution in [0.2, 0.25) is 0 Å². The highest BCUT2D eigenvalue weighted by Gasteiger charge is 2.28. The van der Waals surface area contributed by atoms with Crippen molar-refractivity contribution in [2.75, 3.05) is 12.3 Å². The summed E-state index contributed by atoms with van der Waals surface area (Å²) in [4.78, 5) is 10.2. The van der Waals surface area contributed by atoms with Crippen LogP contribution in [0.3, 0.4) is 0 Å². The number of anilines is 1. The molecule has 2 aromatic rings. The second kappa shape index (κ2) is 4.77. The molecule has 7 nitrogen and oxygen atoms in total. The molecule has 0 saturated heterocycles. The molecule has 0 amide bonds. The van der Waals surface area contributed by atoms with Crippen LogP contribution in [0.1, 0.15) is 11.3 Å². The third-order valence-corrected chi connectivity index (χ3v) is 3.27. The van der Waals surface area contributed by atoms with Crippen molar-refractivity contribution >= 4 is 11.5 Å². The monoisotopic (exact) mass is 296 g/mol. The minimum Gasteiger partial charge on any atom is -0.382 e. The van der Waals surface area contributed by atoms with Gasteiger partial charge in [0.25, 0.3) is 0 Å². The lowest BCUT2D eigenvalue weighted by atomic mass is 10.1. The second-order valence-electron chi connectivity index (χ2n) is 4.54. The zero-order valence-electron chi connectivity index (χ0n) is 10.7. The number of rotatable bonds is 2. The van der Waals surface area contributed by atoms with Crippen molar-refractivity contribution in [1.29, 1.82) is 0 Å². The van der Waals surface area contributed by atoms with E-state index >= 15 is 0 Å². The molecule has 110 valence electrons. The number of nitrogens with zero attached hydrogens (tertiary/aromatic N) is 3. The Morgan fingerprint density at radius 1 is 1.43 bits per heavy atom. The van der Waals surface area contributed by atoms with Crippen LogP contribution in [0.25, 0.3) is 5.69 Å². The zero-order chi connectivity index (χ0) is 15.1. The van der Waals surface area contributed by atoms with E-state index in [4.69, 9.17) is 10.5 Å². The fraction of sp³-hybridized carbons (Fsp3) is 0.250. The van der Waals surface area contributed by atoms with E-state index in [1.807, 2.05) is 0 Å². The van der Waals surface area contributed by atoms with Crippen LogP contribution in [-0.4, -0.2) is 21.3 Å². The number of hydrogen-bond donors (Lipinski definition) is 1. The third kappa shape index (κ3) is 2.11. The molecule has 3 rings (SSSR count). The average Bonchev–Trinajstić information content (AvgIpc) is 2.76. The number of benzene rings is 1. The first-order chi connectivity index (χ1) is 9.99. The summed E-state index contributed by atoms with van der Waals surface area (Å²) in [5, 5.41) is 15.0. The Bertz CT molecular complexity index is 745. The topological polar surface area (TPSA) is 96.2 Å². The maximum Gasteiger partial charge on any atom is 0.300 e. The first-order valence-corrected chi connectivity index (χ1v) is 6.07. The SMILES string of the molecule is Nc1nn(-c2c(F)cc(F)cc2[N+](=O)[O-])c2c1COCC2. The Morgan fingerprint density at radius 3 is 2.90 bits per heavy atom. The summed E-state index contributed by atoms with van der Waals surface area (Å²) in [5.41, 5.74) is 5.71. The lowest BCUT2D eigenvalue weighted by Crippen LogP contribution is -2.15. The highest BCUT2D eigenvalue weighted by molar-refractivity contribution is 5.57. The summed E-state index contributed by atoms with van der Waals surface area (Å²) in [6, 6.07) is 1.23. The van der Waals surface area contributed by atoms with Gasteiger partial charge in [-0.1, -0.05) is 0 Å². The van der Waals surface area contributed by atoms with Gasteiger partial charge in [0.2, 0.25) is 0 Å². The summed E-state index contributed by atoms with van der Waals surface area (Å²) < 4.78 is 33.6. The zero-order valence-corrected chi connectivity index (χ0v) is 10.7. The number of ether oxygens (including phenoxy) is 1. The van der Waals surface area contributed by atoms with E-state index in [0.29, 0.717) is 36.4 Å². The molecule has 1 aromatic carbocycles. The van der Waals surface area contributed by atoms with Gasteiger partial charge in [-0.15, -0.1) is 5.10 Å². The average molecular weight is 296 g/mol. The third-order valence-electron chi connectivity index (χ3n) is 3.27. The van der Waals surface area contributed by atoms with Crippen molar-refractivity contribution in [3.8, 4) is 5.69 Å². The van der Waals surface area contributed by atoms with E-state index in [-0.39, 0.29) is 12.4 Å². The molecular formula is C12H10F2N4O3. The fourth-order valence-electron chi connectivity index (χ4n) is 2.35. The molecule has 0 fully saturated rings. The molecule has 1 aliphatic heterocycles.